The van der Waals surface area contributed by atoms with Crippen molar-refractivity contribution in [2.24, 2.45) is 0 Å². The molecule has 0 saturated heterocycles. The van der Waals surface area contributed by atoms with Gasteiger partial charge in [-0.05, 0) is 18.2 Å². The van der Waals surface area contributed by atoms with E-state index in [1.165, 1.54) is 12.1 Å². The lowest BCUT2D eigenvalue weighted by Gasteiger charge is -2.12. The topological polar surface area (TPSA) is 238 Å². The Balaban J connectivity index is 0.000000257. The number of nitrogen functional groups attached to an aromatic ring is 2. The van der Waals surface area contributed by atoms with Crippen LogP contribution in [0.15, 0.2) is 46.0 Å². The SMILES string of the molecule is Nc1cccc(C(=O)[O-])c1C(=O)[O-].Nc1cccc2c(=O)[nH][nH]c(=O)c12.OO. The third-order valence-electron chi connectivity index (χ3n) is 3.38. The molecule has 0 fully saturated rings. The van der Waals surface area contributed by atoms with Gasteiger partial charge in [-0.3, -0.25) is 30.3 Å². The second-order valence-corrected chi connectivity index (χ2v) is 5.02. The lowest BCUT2D eigenvalue weighted by molar-refractivity contribution is -0.259. The van der Waals surface area contributed by atoms with Crippen molar-refractivity contribution < 1.29 is 30.3 Å². The van der Waals surface area contributed by atoms with E-state index in [0.717, 1.165) is 6.07 Å². The molecule has 0 unspecified atom stereocenters. The Morgan fingerprint density at radius 1 is 0.821 bits per heavy atom. The number of anilines is 2. The lowest BCUT2D eigenvalue weighted by Crippen LogP contribution is -2.30. The summed E-state index contributed by atoms with van der Waals surface area (Å²) < 4.78 is 0. The van der Waals surface area contributed by atoms with Crippen molar-refractivity contribution in [1.29, 1.82) is 0 Å². The minimum Gasteiger partial charge on any atom is -0.545 e. The summed E-state index contributed by atoms with van der Waals surface area (Å²) in [6.45, 7) is 0. The van der Waals surface area contributed by atoms with E-state index in [-0.39, 0.29) is 22.2 Å². The number of carbonyl (C=O) groups is 2. The van der Waals surface area contributed by atoms with Crippen LogP contribution < -0.4 is 32.8 Å². The van der Waals surface area contributed by atoms with Crippen LogP contribution in [0.1, 0.15) is 20.7 Å². The van der Waals surface area contributed by atoms with Crippen LogP contribution in [0.2, 0.25) is 0 Å². The van der Waals surface area contributed by atoms with Gasteiger partial charge in [-0.15, -0.1) is 0 Å². The molecule has 0 atom stereocenters. The second-order valence-electron chi connectivity index (χ2n) is 5.02. The highest BCUT2D eigenvalue weighted by Gasteiger charge is 2.07. The van der Waals surface area contributed by atoms with Crippen molar-refractivity contribution in [3.63, 3.8) is 0 Å². The monoisotopic (exact) mass is 390 g/mol. The van der Waals surface area contributed by atoms with Gasteiger partial charge in [0.1, 0.15) is 0 Å². The van der Waals surface area contributed by atoms with Crippen LogP contribution in [0.25, 0.3) is 10.8 Å². The minimum atomic E-state index is -1.63. The molecule has 0 bridgehead atoms. The first kappa shape index (κ1) is 21.9. The quantitative estimate of drug-likeness (QED) is 0.157. The fourth-order valence-corrected chi connectivity index (χ4v) is 2.22. The largest absolute Gasteiger partial charge is 0.545 e. The number of nitrogens with two attached hydrogens (primary N) is 2. The van der Waals surface area contributed by atoms with Crippen LogP contribution >= 0.6 is 0 Å². The lowest BCUT2D eigenvalue weighted by atomic mass is 10.1. The van der Waals surface area contributed by atoms with E-state index in [1.54, 1.807) is 18.2 Å². The minimum absolute atomic E-state index is 0.151. The zero-order valence-corrected chi connectivity index (χ0v) is 14.0. The van der Waals surface area contributed by atoms with Gasteiger partial charge in [-0.2, -0.15) is 0 Å². The van der Waals surface area contributed by atoms with Gasteiger partial charge in [-0.25, -0.2) is 0 Å². The molecule has 28 heavy (non-hydrogen) atoms. The van der Waals surface area contributed by atoms with E-state index in [2.05, 4.69) is 10.2 Å². The van der Waals surface area contributed by atoms with Crippen LogP contribution in [0.3, 0.4) is 0 Å². The third-order valence-corrected chi connectivity index (χ3v) is 3.38. The van der Waals surface area contributed by atoms with Crippen molar-refractivity contribution in [3.8, 4) is 0 Å². The molecule has 0 aliphatic carbocycles. The van der Waals surface area contributed by atoms with Gasteiger partial charge in [0.25, 0.3) is 11.1 Å². The zero-order valence-electron chi connectivity index (χ0n) is 14.0. The van der Waals surface area contributed by atoms with Crippen LogP contribution in [0.4, 0.5) is 11.4 Å². The van der Waals surface area contributed by atoms with E-state index in [4.69, 9.17) is 22.0 Å². The second kappa shape index (κ2) is 9.51. The molecular formula is C16H14N4O8-2. The van der Waals surface area contributed by atoms with Gasteiger partial charge in [-0.1, -0.05) is 18.2 Å². The smallest absolute Gasteiger partial charge is 0.272 e. The van der Waals surface area contributed by atoms with Crippen LogP contribution in [0, 0.1) is 0 Å². The number of hydrogen-bond donors (Lipinski definition) is 6. The molecule has 3 rings (SSSR count). The van der Waals surface area contributed by atoms with Crippen LogP contribution in [-0.2, 0) is 0 Å². The Bertz CT molecular complexity index is 1120. The highest BCUT2D eigenvalue weighted by molar-refractivity contribution is 6.03. The van der Waals surface area contributed by atoms with Gasteiger partial charge in [0.05, 0.1) is 22.7 Å². The zero-order chi connectivity index (χ0) is 21.4. The molecular weight excluding hydrogens is 376 g/mol. The standard InChI is InChI=1S/C8H7N3O2.C8H7NO4.H2O2/c9-5-3-1-2-4-6(5)8(13)11-10-7(4)12;9-5-3-1-2-4(7(10)11)6(5)8(12)13;1-2/h1-3H,9H2,(H,10,12)(H,11,13);1-3H,9H2,(H,10,11)(H,12,13);1-2H/p-2. The number of carboxylic acids is 2. The predicted molar refractivity (Wildman–Crippen MR) is 94.4 cm³/mol. The van der Waals surface area contributed by atoms with E-state index >= 15 is 0 Å². The third kappa shape index (κ3) is 4.72. The molecule has 0 spiro atoms. The van der Waals surface area contributed by atoms with Gasteiger partial charge in [0.2, 0.25) is 0 Å². The Labute approximate surface area is 155 Å². The molecule has 1 heterocycles. The predicted octanol–water partition coefficient (Wildman–Crippen LogP) is -2.19. The van der Waals surface area contributed by atoms with E-state index in [9.17, 15) is 29.4 Å². The first-order valence-electron chi connectivity index (χ1n) is 7.24. The summed E-state index contributed by atoms with van der Waals surface area (Å²) in [5, 5.41) is 37.9. The fraction of sp³-hybridized carbons (Fsp3) is 0. The number of hydrogen-bond acceptors (Lipinski definition) is 10. The highest BCUT2D eigenvalue weighted by Crippen LogP contribution is 2.15. The van der Waals surface area contributed by atoms with Crippen molar-refractivity contribution in [2.75, 3.05) is 11.5 Å². The molecule has 8 N–H and O–H groups in total. The number of aromatic amines is 2. The van der Waals surface area contributed by atoms with E-state index in [0.29, 0.717) is 11.1 Å². The molecule has 148 valence electrons. The van der Waals surface area contributed by atoms with E-state index < -0.39 is 23.1 Å². The number of nitrogens with one attached hydrogen (secondary N) is 2. The first-order chi connectivity index (χ1) is 13.2. The van der Waals surface area contributed by atoms with Gasteiger partial charge in [0.15, 0.2) is 0 Å². The van der Waals surface area contributed by atoms with Crippen LogP contribution in [-0.4, -0.2) is 32.7 Å². The number of H-pyrrole nitrogens is 2. The molecule has 12 nitrogen and oxygen atoms in total. The molecule has 1 aromatic heterocycles. The average Bonchev–Trinajstić information content (AvgIpc) is 2.66. The van der Waals surface area contributed by atoms with Crippen LogP contribution in [0.5, 0.6) is 0 Å². The number of benzene rings is 2. The highest BCUT2D eigenvalue weighted by atomic mass is 17.0. The first-order valence-corrected chi connectivity index (χ1v) is 7.24. The summed E-state index contributed by atoms with van der Waals surface area (Å²) in [4.78, 5) is 43.3. The Kier molecular flexibility index (Phi) is 7.43. The number of carboxylic acid groups (broad SMARTS) is 2. The average molecular weight is 390 g/mol. The number of aromatic carboxylic acids is 2. The number of fused-ring (bicyclic) bond motifs is 1. The summed E-state index contributed by atoms with van der Waals surface area (Å²) >= 11 is 0. The van der Waals surface area contributed by atoms with Crippen molar-refractivity contribution >= 4 is 34.1 Å². The van der Waals surface area contributed by atoms with Gasteiger partial charge < -0.3 is 31.3 Å². The molecule has 12 heteroatoms. The van der Waals surface area contributed by atoms with E-state index in [1.807, 2.05) is 0 Å². The molecule has 0 radical (unpaired) electrons. The summed E-state index contributed by atoms with van der Waals surface area (Å²) in [5.41, 5.74) is 9.22. The summed E-state index contributed by atoms with van der Waals surface area (Å²) in [7, 11) is 0. The molecule has 0 aliphatic rings. The van der Waals surface area contributed by atoms with Gasteiger partial charge in [0, 0.05) is 22.5 Å². The number of rotatable bonds is 2. The Hall–Kier alpha value is -4.16. The maximum atomic E-state index is 11.2. The van der Waals surface area contributed by atoms with Gasteiger partial charge >= 0.3 is 0 Å². The Morgan fingerprint density at radius 2 is 1.36 bits per heavy atom. The molecule has 2 aromatic carbocycles. The molecule has 3 aromatic rings. The Morgan fingerprint density at radius 3 is 1.86 bits per heavy atom. The maximum Gasteiger partial charge on any atom is 0.272 e. The van der Waals surface area contributed by atoms with Crippen molar-refractivity contribution in [1.82, 2.24) is 10.2 Å². The summed E-state index contributed by atoms with van der Waals surface area (Å²) in [5.74, 6) is -3.22. The molecule has 0 saturated carbocycles. The number of carbonyl (C=O) groups excluding carboxylic acids is 2. The molecule has 0 aliphatic heterocycles. The van der Waals surface area contributed by atoms with Crippen molar-refractivity contribution in [3.05, 3.63) is 68.2 Å². The normalized spacial score (nSPS) is 9.50. The summed E-state index contributed by atoms with van der Waals surface area (Å²) in [6.07, 6.45) is 0. The number of aromatic nitrogens is 2. The maximum absolute atomic E-state index is 11.2. The fourth-order valence-electron chi connectivity index (χ4n) is 2.22. The molecule has 0 amide bonds. The van der Waals surface area contributed by atoms with Crippen molar-refractivity contribution in [2.45, 2.75) is 0 Å². The summed E-state index contributed by atoms with van der Waals surface area (Å²) in [6, 6.07) is 8.46.